The minimum atomic E-state index is -1.79. The van der Waals surface area contributed by atoms with Gasteiger partial charge in [0, 0.05) is 11.8 Å². The monoisotopic (exact) mass is 373 g/mol. The third-order valence-corrected chi connectivity index (χ3v) is 3.77. The number of carbonyl (C=O) groups excluding carboxylic acids is 1. The summed E-state index contributed by atoms with van der Waals surface area (Å²) in [5, 5.41) is 4.53. The van der Waals surface area contributed by atoms with Gasteiger partial charge in [0.15, 0.2) is 0 Å². The largest absolute Gasteiger partial charge is 0.465 e. The zero-order chi connectivity index (χ0) is 17.0. The molecule has 1 unspecified atom stereocenters. The molecule has 0 bridgehead atoms. The van der Waals surface area contributed by atoms with Crippen LogP contribution < -0.4 is 10.1 Å². The number of alkyl halides is 3. The normalized spacial score (nSPS) is 13.1. The first-order valence-electron chi connectivity index (χ1n) is 7.28. The quantitative estimate of drug-likeness (QED) is 0.585. The summed E-state index contributed by atoms with van der Waals surface area (Å²) in [6.07, 6.45) is -0.750. The number of amides is 1. The highest BCUT2D eigenvalue weighted by Crippen LogP contribution is 2.34. The maximum Gasteiger partial charge on any atom is 0.246 e. The Kier molecular flexibility index (Phi) is 6.01. The van der Waals surface area contributed by atoms with E-state index in [1.807, 2.05) is 50.2 Å². The molecule has 1 N–H and O–H groups in total. The van der Waals surface area contributed by atoms with Crippen LogP contribution in [0.2, 0.25) is 0 Å². The highest BCUT2D eigenvalue weighted by molar-refractivity contribution is 6.68. The van der Waals surface area contributed by atoms with Crippen LogP contribution >= 0.6 is 34.8 Å². The number of nitrogens with one attached hydrogen (secondary N) is 1. The van der Waals surface area contributed by atoms with Gasteiger partial charge in [0.2, 0.25) is 15.9 Å². The van der Waals surface area contributed by atoms with Crippen molar-refractivity contribution in [3.63, 3.8) is 0 Å². The molecule has 2 rings (SSSR count). The van der Waals surface area contributed by atoms with Crippen molar-refractivity contribution in [2.45, 2.75) is 30.3 Å². The molecule has 124 valence electrons. The van der Waals surface area contributed by atoms with Crippen molar-refractivity contribution in [3.8, 4) is 5.75 Å². The van der Waals surface area contributed by atoms with Crippen molar-refractivity contribution in [1.29, 1.82) is 0 Å². The molecule has 0 aliphatic carbocycles. The van der Waals surface area contributed by atoms with Crippen LogP contribution in [-0.4, -0.2) is 15.9 Å². The molecule has 1 amide bonds. The molecule has 0 radical (unpaired) electrons. The average Bonchev–Trinajstić information content (AvgIpc) is 2.45. The predicted molar refractivity (Wildman–Crippen MR) is 96.3 cm³/mol. The highest BCUT2D eigenvalue weighted by Gasteiger charge is 2.36. The molecule has 1 atom stereocenters. The van der Waals surface area contributed by atoms with Gasteiger partial charge in [0.25, 0.3) is 0 Å². The molecule has 6 heteroatoms. The van der Waals surface area contributed by atoms with Gasteiger partial charge in [-0.3, -0.25) is 4.79 Å². The van der Waals surface area contributed by atoms with Crippen molar-refractivity contribution in [1.82, 2.24) is 5.32 Å². The van der Waals surface area contributed by atoms with Gasteiger partial charge < -0.3 is 10.1 Å². The smallest absolute Gasteiger partial charge is 0.246 e. The van der Waals surface area contributed by atoms with Crippen LogP contribution in [0.15, 0.2) is 42.5 Å². The Labute approximate surface area is 150 Å². The second kappa shape index (κ2) is 7.61. The van der Waals surface area contributed by atoms with E-state index < -0.39 is 10.0 Å². The van der Waals surface area contributed by atoms with E-state index in [0.29, 0.717) is 12.2 Å². The molecule has 0 saturated heterocycles. The summed E-state index contributed by atoms with van der Waals surface area (Å²) in [6, 6.07) is 13.3. The van der Waals surface area contributed by atoms with Crippen molar-refractivity contribution < 1.29 is 9.53 Å². The van der Waals surface area contributed by atoms with Crippen molar-refractivity contribution >= 4 is 51.5 Å². The standard InChI is InChI=1S/C17H18Cl3NO2/c1-11(2)10-15(22)21-16(17(18,19)20)23-14-9-5-7-12-6-3-4-8-13(12)14/h3-9,11,16H,10H2,1-2H3,(H,21,22). The van der Waals surface area contributed by atoms with Crippen molar-refractivity contribution in [2.24, 2.45) is 5.92 Å². The SMILES string of the molecule is CC(C)CC(=O)NC(Oc1cccc2ccccc12)C(Cl)(Cl)Cl. The third-order valence-electron chi connectivity index (χ3n) is 3.18. The van der Waals surface area contributed by atoms with Gasteiger partial charge in [-0.05, 0) is 17.4 Å². The second-order valence-electron chi connectivity index (χ2n) is 5.68. The molecule has 0 aliphatic rings. The molecule has 2 aromatic rings. The van der Waals surface area contributed by atoms with Crippen LogP contribution in [0, 0.1) is 5.92 Å². The van der Waals surface area contributed by atoms with E-state index in [0.717, 1.165) is 10.8 Å². The second-order valence-corrected chi connectivity index (χ2v) is 8.05. The third kappa shape index (κ3) is 5.17. The van der Waals surface area contributed by atoms with E-state index >= 15 is 0 Å². The molecule has 0 fully saturated rings. The zero-order valence-electron chi connectivity index (χ0n) is 12.9. The lowest BCUT2D eigenvalue weighted by molar-refractivity contribution is -0.124. The van der Waals surface area contributed by atoms with E-state index in [9.17, 15) is 4.79 Å². The summed E-state index contributed by atoms with van der Waals surface area (Å²) < 4.78 is 4.03. The first-order valence-corrected chi connectivity index (χ1v) is 8.41. The van der Waals surface area contributed by atoms with Crippen molar-refractivity contribution in [3.05, 3.63) is 42.5 Å². The van der Waals surface area contributed by atoms with E-state index in [-0.39, 0.29) is 11.8 Å². The Bertz CT molecular complexity index is 678. The molecule has 2 aromatic carbocycles. The van der Waals surface area contributed by atoms with Gasteiger partial charge in [0.1, 0.15) is 5.75 Å². The molecule has 0 saturated carbocycles. The molecular formula is C17H18Cl3NO2. The van der Waals surface area contributed by atoms with Crippen molar-refractivity contribution in [2.75, 3.05) is 0 Å². The summed E-state index contributed by atoms with van der Waals surface area (Å²) >= 11 is 17.9. The molecule has 0 spiro atoms. The fraction of sp³-hybridized carbons (Fsp3) is 0.353. The minimum absolute atomic E-state index is 0.198. The maximum atomic E-state index is 12.0. The number of rotatable bonds is 5. The molecule has 0 heterocycles. The van der Waals surface area contributed by atoms with Crippen LogP contribution in [0.3, 0.4) is 0 Å². The summed E-state index contributed by atoms with van der Waals surface area (Å²) in [4.78, 5) is 12.0. The van der Waals surface area contributed by atoms with Gasteiger partial charge in [-0.25, -0.2) is 0 Å². The first kappa shape index (κ1) is 18.2. The number of fused-ring (bicyclic) bond motifs is 1. The summed E-state index contributed by atoms with van der Waals surface area (Å²) in [6.45, 7) is 3.88. The van der Waals surface area contributed by atoms with E-state index in [2.05, 4.69) is 5.32 Å². The first-order chi connectivity index (χ1) is 10.8. The zero-order valence-corrected chi connectivity index (χ0v) is 15.1. The van der Waals surface area contributed by atoms with Crippen LogP contribution in [0.25, 0.3) is 10.8 Å². The lowest BCUT2D eigenvalue weighted by Crippen LogP contribution is -2.48. The van der Waals surface area contributed by atoms with Gasteiger partial charge in [-0.1, -0.05) is 85.0 Å². The molecule has 3 nitrogen and oxygen atoms in total. The Morgan fingerprint density at radius 1 is 1.13 bits per heavy atom. The number of halogens is 3. The fourth-order valence-corrected chi connectivity index (χ4v) is 2.48. The van der Waals surface area contributed by atoms with Gasteiger partial charge >= 0.3 is 0 Å². The van der Waals surface area contributed by atoms with Gasteiger partial charge in [-0.2, -0.15) is 0 Å². The number of benzene rings is 2. The highest BCUT2D eigenvalue weighted by atomic mass is 35.6. The van der Waals surface area contributed by atoms with Gasteiger partial charge in [0.05, 0.1) is 0 Å². The Morgan fingerprint density at radius 3 is 2.43 bits per heavy atom. The van der Waals surface area contributed by atoms with E-state index in [1.54, 1.807) is 6.07 Å². The Morgan fingerprint density at radius 2 is 1.78 bits per heavy atom. The van der Waals surface area contributed by atoms with E-state index in [1.165, 1.54) is 0 Å². The maximum absolute atomic E-state index is 12.0. The van der Waals surface area contributed by atoms with Crippen LogP contribution in [0.4, 0.5) is 0 Å². The molecular weight excluding hydrogens is 357 g/mol. The lowest BCUT2D eigenvalue weighted by Gasteiger charge is -2.27. The Hall–Kier alpha value is -1.16. The average molecular weight is 375 g/mol. The van der Waals surface area contributed by atoms with Crippen LogP contribution in [-0.2, 0) is 4.79 Å². The molecule has 0 aliphatic heterocycles. The summed E-state index contributed by atoms with van der Waals surface area (Å²) in [7, 11) is 0. The molecule has 0 aromatic heterocycles. The number of ether oxygens (including phenoxy) is 1. The summed E-state index contributed by atoms with van der Waals surface area (Å²) in [5.41, 5.74) is 0. The minimum Gasteiger partial charge on any atom is -0.465 e. The number of hydrogen-bond donors (Lipinski definition) is 1. The molecule has 23 heavy (non-hydrogen) atoms. The number of carbonyl (C=O) groups is 1. The fourth-order valence-electron chi connectivity index (χ4n) is 2.18. The van der Waals surface area contributed by atoms with Gasteiger partial charge in [-0.15, -0.1) is 0 Å². The number of hydrogen-bond acceptors (Lipinski definition) is 2. The summed E-state index contributed by atoms with van der Waals surface area (Å²) in [5.74, 6) is 0.518. The van der Waals surface area contributed by atoms with Crippen LogP contribution in [0.5, 0.6) is 5.75 Å². The topological polar surface area (TPSA) is 38.3 Å². The Balaban J connectivity index is 2.25. The van der Waals surface area contributed by atoms with Crippen LogP contribution in [0.1, 0.15) is 20.3 Å². The van der Waals surface area contributed by atoms with E-state index in [4.69, 9.17) is 39.5 Å². The predicted octanol–water partition coefficient (Wildman–Crippen LogP) is 5.08. The lowest BCUT2D eigenvalue weighted by atomic mass is 10.1.